The van der Waals surface area contributed by atoms with Crippen molar-refractivity contribution in [2.45, 2.75) is 26.4 Å². The molecule has 2 heterocycles. The Morgan fingerprint density at radius 2 is 1.80 bits per heavy atom. The smallest absolute Gasteiger partial charge is 0.323 e. The maximum absolute atomic E-state index is 13.1. The molecule has 7 heteroatoms. The summed E-state index contributed by atoms with van der Waals surface area (Å²) in [6.07, 6.45) is 0.461. The van der Waals surface area contributed by atoms with E-state index in [1.54, 1.807) is 22.8 Å². The molecule has 0 aliphatic heterocycles. The summed E-state index contributed by atoms with van der Waals surface area (Å²) < 4.78 is 16.3. The number of carboxylic acid groups (broad SMARTS) is 1. The summed E-state index contributed by atoms with van der Waals surface area (Å²) in [7, 11) is 0. The van der Waals surface area contributed by atoms with Gasteiger partial charge in [-0.15, -0.1) is 0 Å². The number of aliphatic carboxylic acids is 1. The van der Waals surface area contributed by atoms with Gasteiger partial charge in [0.15, 0.2) is 0 Å². The predicted molar refractivity (Wildman–Crippen MR) is 111 cm³/mol. The van der Waals surface area contributed by atoms with Crippen LogP contribution in [0.3, 0.4) is 0 Å². The lowest BCUT2D eigenvalue weighted by Crippen LogP contribution is -2.23. The van der Waals surface area contributed by atoms with Crippen molar-refractivity contribution in [3.63, 3.8) is 0 Å². The number of nitrogens with zero attached hydrogens (tertiary/aromatic N) is 3. The maximum Gasteiger partial charge on any atom is 0.323 e. The van der Waals surface area contributed by atoms with Gasteiger partial charge in [-0.25, -0.2) is 9.07 Å². The molecule has 0 saturated carbocycles. The van der Waals surface area contributed by atoms with Crippen LogP contribution in [0.15, 0.2) is 65.5 Å². The van der Waals surface area contributed by atoms with Gasteiger partial charge < -0.3 is 9.67 Å². The number of rotatable bonds is 6. The van der Waals surface area contributed by atoms with Crippen molar-refractivity contribution in [2.24, 2.45) is 0 Å². The van der Waals surface area contributed by atoms with Crippen LogP contribution in [0.2, 0.25) is 0 Å². The predicted octanol–water partition coefficient (Wildman–Crippen LogP) is 3.37. The Bertz CT molecular complexity index is 1290. The van der Waals surface area contributed by atoms with Gasteiger partial charge in [0.1, 0.15) is 12.4 Å². The molecule has 2 aromatic heterocycles. The van der Waals surface area contributed by atoms with Crippen molar-refractivity contribution in [3.8, 4) is 0 Å². The van der Waals surface area contributed by atoms with Crippen molar-refractivity contribution >= 4 is 16.9 Å². The molecule has 4 aromatic rings. The minimum absolute atomic E-state index is 0.121. The quantitative estimate of drug-likeness (QED) is 0.534. The normalized spacial score (nSPS) is 11.1. The van der Waals surface area contributed by atoms with Crippen LogP contribution in [-0.4, -0.2) is 25.4 Å². The van der Waals surface area contributed by atoms with Gasteiger partial charge in [-0.3, -0.25) is 9.59 Å². The molecule has 0 aliphatic carbocycles. The molecule has 30 heavy (non-hydrogen) atoms. The van der Waals surface area contributed by atoms with E-state index in [4.69, 9.17) is 0 Å². The summed E-state index contributed by atoms with van der Waals surface area (Å²) in [6.45, 7) is 2.02. The standard InChI is InChI=1S/C23H20FN3O3/c1-15-20(19-4-2-3-5-21(19)26(15)14-23(29)30)12-18-10-11-22(28)27(25-18)13-16-6-8-17(24)9-7-16/h2-11H,12-14H2,1H3,(H,29,30). The molecule has 0 atom stereocenters. The molecule has 0 saturated heterocycles. The second kappa shape index (κ2) is 7.94. The minimum atomic E-state index is -0.906. The number of halogens is 1. The number of fused-ring (bicyclic) bond motifs is 1. The molecule has 2 aromatic carbocycles. The van der Waals surface area contributed by atoms with E-state index in [0.717, 1.165) is 27.7 Å². The number of aromatic nitrogens is 3. The van der Waals surface area contributed by atoms with E-state index < -0.39 is 5.97 Å². The average Bonchev–Trinajstić information content (AvgIpc) is 2.98. The van der Waals surface area contributed by atoms with Crippen molar-refractivity contribution in [2.75, 3.05) is 0 Å². The van der Waals surface area contributed by atoms with Crippen molar-refractivity contribution in [1.29, 1.82) is 0 Å². The summed E-state index contributed by atoms with van der Waals surface area (Å²) in [5.41, 5.74) is 3.92. The zero-order valence-corrected chi connectivity index (χ0v) is 16.4. The molecule has 4 rings (SSSR count). The lowest BCUT2D eigenvalue weighted by molar-refractivity contribution is -0.137. The highest BCUT2D eigenvalue weighted by molar-refractivity contribution is 5.87. The Morgan fingerprint density at radius 1 is 1.07 bits per heavy atom. The highest BCUT2D eigenvalue weighted by atomic mass is 19.1. The summed E-state index contributed by atoms with van der Waals surface area (Å²) in [5, 5.41) is 14.7. The zero-order chi connectivity index (χ0) is 21.3. The Labute approximate surface area is 171 Å². The molecule has 0 aliphatic rings. The second-order valence-electron chi connectivity index (χ2n) is 7.18. The van der Waals surface area contributed by atoms with Crippen LogP contribution >= 0.6 is 0 Å². The van der Waals surface area contributed by atoms with Crippen LogP contribution in [-0.2, 0) is 24.3 Å². The molecule has 0 amide bonds. The van der Waals surface area contributed by atoms with E-state index >= 15 is 0 Å². The summed E-state index contributed by atoms with van der Waals surface area (Å²) in [5.74, 6) is -1.24. The molecule has 0 spiro atoms. The Kier molecular flexibility index (Phi) is 5.18. The fraction of sp³-hybridized carbons (Fsp3) is 0.174. The highest BCUT2D eigenvalue weighted by Gasteiger charge is 2.16. The van der Waals surface area contributed by atoms with Crippen LogP contribution in [0.5, 0.6) is 0 Å². The van der Waals surface area contributed by atoms with Crippen molar-refractivity contribution in [1.82, 2.24) is 14.3 Å². The Morgan fingerprint density at radius 3 is 2.53 bits per heavy atom. The van der Waals surface area contributed by atoms with Gasteiger partial charge in [-0.05, 0) is 42.3 Å². The van der Waals surface area contributed by atoms with E-state index in [9.17, 15) is 19.1 Å². The zero-order valence-electron chi connectivity index (χ0n) is 16.4. The van der Waals surface area contributed by atoms with Gasteiger partial charge >= 0.3 is 5.97 Å². The van der Waals surface area contributed by atoms with Crippen LogP contribution in [0.4, 0.5) is 4.39 Å². The second-order valence-corrected chi connectivity index (χ2v) is 7.18. The van der Waals surface area contributed by atoms with Crippen molar-refractivity contribution in [3.05, 3.63) is 99.3 Å². The molecule has 0 unspecified atom stereocenters. The first-order valence-electron chi connectivity index (χ1n) is 9.52. The van der Waals surface area contributed by atoms with E-state index in [0.29, 0.717) is 12.1 Å². The van der Waals surface area contributed by atoms with Gasteiger partial charge in [0, 0.05) is 29.1 Å². The van der Waals surface area contributed by atoms with E-state index in [1.807, 2.05) is 31.2 Å². The molecule has 0 fully saturated rings. The lowest BCUT2D eigenvalue weighted by atomic mass is 10.1. The first-order chi connectivity index (χ1) is 14.4. The summed E-state index contributed by atoms with van der Waals surface area (Å²) in [6, 6.07) is 16.8. The largest absolute Gasteiger partial charge is 0.480 e. The van der Waals surface area contributed by atoms with Gasteiger partial charge in [0.2, 0.25) is 0 Å². The summed E-state index contributed by atoms with van der Waals surface area (Å²) in [4.78, 5) is 23.6. The molecular formula is C23H20FN3O3. The van der Waals surface area contributed by atoms with Gasteiger partial charge in [-0.1, -0.05) is 30.3 Å². The monoisotopic (exact) mass is 405 g/mol. The van der Waals surface area contributed by atoms with Crippen LogP contribution in [0, 0.1) is 12.7 Å². The van der Waals surface area contributed by atoms with Crippen LogP contribution < -0.4 is 5.56 Å². The van der Waals surface area contributed by atoms with E-state index in [1.165, 1.54) is 22.9 Å². The van der Waals surface area contributed by atoms with Gasteiger partial charge in [-0.2, -0.15) is 5.10 Å². The fourth-order valence-electron chi connectivity index (χ4n) is 3.71. The topological polar surface area (TPSA) is 77.1 Å². The number of para-hydroxylation sites is 1. The Balaban J connectivity index is 1.70. The molecule has 1 N–H and O–H groups in total. The third kappa shape index (κ3) is 3.87. The number of benzene rings is 2. The first-order valence-corrected chi connectivity index (χ1v) is 9.52. The molecule has 152 valence electrons. The Hall–Kier alpha value is -3.74. The number of hydrogen-bond donors (Lipinski definition) is 1. The van der Waals surface area contributed by atoms with E-state index in [-0.39, 0.29) is 24.5 Å². The lowest BCUT2D eigenvalue weighted by Gasteiger charge is -2.08. The van der Waals surface area contributed by atoms with E-state index in [2.05, 4.69) is 5.10 Å². The molecule has 0 bridgehead atoms. The number of carbonyl (C=O) groups is 1. The first kappa shape index (κ1) is 19.6. The third-order valence-electron chi connectivity index (χ3n) is 5.18. The fourth-order valence-corrected chi connectivity index (χ4v) is 3.71. The maximum atomic E-state index is 13.1. The minimum Gasteiger partial charge on any atom is -0.480 e. The van der Waals surface area contributed by atoms with Gasteiger partial charge in [0.05, 0.1) is 12.2 Å². The van der Waals surface area contributed by atoms with Gasteiger partial charge in [0.25, 0.3) is 5.56 Å². The van der Waals surface area contributed by atoms with Crippen LogP contribution in [0.25, 0.3) is 10.9 Å². The molecule has 0 radical (unpaired) electrons. The summed E-state index contributed by atoms with van der Waals surface area (Å²) >= 11 is 0. The average molecular weight is 405 g/mol. The SMILES string of the molecule is Cc1c(Cc2ccc(=O)n(Cc3ccc(F)cc3)n2)c2ccccc2n1CC(=O)O. The number of hydrogen-bond acceptors (Lipinski definition) is 3. The third-order valence-corrected chi connectivity index (χ3v) is 5.18. The number of carboxylic acids is 1. The molecule has 6 nitrogen and oxygen atoms in total. The highest BCUT2D eigenvalue weighted by Crippen LogP contribution is 2.27. The van der Waals surface area contributed by atoms with Crippen LogP contribution in [0.1, 0.15) is 22.5 Å². The molecular weight excluding hydrogens is 385 g/mol. The van der Waals surface area contributed by atoms with Crippen molar-refractivity contribution < 1.29 is 14.3 Å².